The molecule has 152 valence electrons. The maximum atomic E-state index is 12.3. The zero-order valence-corrected chi connectivity index (χ0v) is 17.0. The lowest BCUT2D eigenvalue weighted by atomic mass is 10.1. The second kappa shape index (κ2) is 9.65. The van der Waals surface area contributed by atoms with Crippen LogP contribution in [0.25, 0.3) is 0 Å². The Hall–Kier alpha value is -3.73. The molecule has 3 rings (SSSR count). The Morgan fingerprint density at radius 1 is 0.767 bits per heavy atom. The van der Waals surface area contributed by atoms with Crippen LogP contribution in [0.15, 0.2) is 72.8 Å². The lowest BCUT2D eigenvalue weighted by Gasteiger charge is -2.08. The van der Waals surface area contributed by atoms with E-state index in [-0.39, 0.29) is 18.3 Å². The maximum Gasteiger partial charge on any atom is 0.338 e. The number of ether oxygens (including phenoxy) is 1. The van der Waals surface area contributed by atoms with Crippen molar-refractivity contribution in [2.75, 3.05) is 11.9 Å². The molecule has 0 atom stereocenters. The highest BCUT2D eigenvalue weighted by Crippen LogP contribution is 2.13. The highest BCUT2D eigenvalue weighted by molar-refractivity contribution is 6.04. The molecule has 0 saturated carbocycles. The molecule has 0 aliphatic rings. The summed E-state index contributed by atoms with van der Waals surface area (Å²) in [6, 6.07) is 20.8. The van der Waals surface area contributed by atoms with Gasteiger partial charge in [-0.1, -0.05) is 48.9 Å². The highest BCUT2D eigenvalue weighted by Gasteiger charge is 2.12. The maximum absolute atomic E-state index is 12.3. The number of hydrogen-bond donors (Lipinski definition) is 1. The number of rotatable bonds is 7. The average molecular weight is 401 g/mol. The van der Waals surface area contributed by atoms with Gasteiger partial charge >= 0.3 is 5.97 Å². The average Bonchev–Trinajstić information content (AvgIpc) is 2.78. The molecule has 0 bridgehead atoms. The number of esters is 1. The molecule has 0 fully saturated rings. The molecule has 0 aromatic heterocycles. The molecular weight excluding hydrogens is 378 g/mol. The van der Waals surface area contributed by atoms with E-state index in [0.717, 1.165) is 17.5 Å². The van der Waals surface area contributed by atoms with Crippen LogP contribution >= 0.6 is 0 Å². The summed E-state index contributed by atoms with van der Waals surface area (Å²) in [6.07, 6.45) is 0.894. The smallest absolute Gasteiger partial charge is 0.338 e. The number of hydrogen-bond acceptors (Lipinski definition) is 4. The molecule has 3 aromatic rings. The number of benzene rings is 3. The predicted octanol–water partition coefficient (Wildman–Crippen LogP) is 4.85. The monoisotopic (exact) mass is 401 g/mol. The molecule has 5 nitrogen and oxygen atoms in total. The summed E-state index contributed by atoms with van der Waals surface area (Å²) in [5.74, 6) is -1.08. The van der Waals surface area contributed by atoms with E-state index in [9.17, 15) is 14.4 Å². The third-order valence-electron chi connectivity index (χ3n) is 4.71. The lowest BCUT2D eigenvalue weighted by Crippen LogP contribution is -2.15. The number of anilines is 1. The molecule has 0 saturated heterocycles. The normalized spacial score (nSPS) is 10.3. The van der Waals surface area contributed by atoms with E-state index in [1.165, 1.54) is 0 Å². The van der Waals surface area contributed by atoms with Crippen molar-refractivity contribution in [1.82, 2.24) is 0 Å². The van der Waals surface area contributed by atoms with Gasteiger partial charge in [-0.25, -0.2) is 4.79 Å². The van der Waals surface area contributed by atoms with Crippen LogP contribution in [-0.2, 0) is 11.2 Å². The Bertz CT molecular complexity index is 1040. The molecule has 0 aliphatic carbocycles. The number of Topliss-reactive ketones (excluding diaryl/α,β-unsaturated/α-hetero) is 1. The summed E-state index contributed by atoms with van der Waals surface area (Å²) in [5, 5.41) is 2.78. The largest absolute Gasteiger partial charge is 0.454 e. The van der Waals surface area contributed by atoms with Crippen LogP contribution in [0.1, 0.15) is 49.1 Å². The Kier molecular flexibility index (Phi) is 6.75. The summed E-state index contributed by atoms with van der Waals surface area (Å²) in [4.78, 5) is 36.6. The van der Waals surface area contributed by atoms with Gasteiger partial charge in [-0.2, -0.15) is 0 Å². The second-order valence-corrected chi connectivity index (χ2v) is 6.95. The summed E-state index contributed by atoms with van der Waals surface area (Å²) < 4.78 is 5.13. The van der Waals surface area contributed by atoms with Crippen molar-refractivity contribution >= 4 is 23.3 Å². The van der Waals surface area contributed by atoms with Crippen molar-refractivity contribution in [3.63, 3.8) is 0 Å². The standard InChI is InChI=1S/C25H23NO4/c1-3-18-6-10-19(11-7-18)23(27)16-30-25(29)21-12-14-22(15-13-21)26-24(28)20-8-4-17(2)5-9-20/h4-15H,3,16H2,1-2H3,(H,26,28). The molecule has 30 heavy (non-hydrogen) atoms. The van der Waals surface area contributed by atoms with Gasteiger partial charge in [0.2, 0.25) is 0 Å². The topological polar surface area (TPSA) is 72.5 Å². The zero-order valence-electron chi connectivity index (χ0n) is 17.0. The summed E-state index contributed by atoms with van der Waals surface area (Å²) in [5.41, 5.74) is 4.13. The van der Waals surface area contributed by atoms with E-state index in [1.807, 2.05) is 38.1 Å². The minimum Gasteiger partial charge on any atom is -0.454 e. The van der Waals surface area contributed by atoms with E-state index in [0.29, 0.717) is 22.4 Å². The minimum absolute atomic E-state index is 0.231. The first-order chi connectivity index (χ1) is 14.5. The van der Waals surface area contributed by atoms with Crippen molar-refractivity contribution in [3.05, 3.63) is 101 Å². The van der Waals surface area contributed by atoms with Gasteiger partial charge in [-0.15, -0.1) is 0 Å². The molecule has 0 aliphatic heterocycles. The first-order valence-corrected chi connectivity index (χ1v) is 9.73. The van der Waals surface area contributed by atoms with E-state index in [1.54, 1.807) is 48.5 Å². The van der Waals surface area contributed by atoms with Gasteiger partial charge in [-0.05, 0) is 55.3 Å². The van der Waals surface area contributed by atoms with Crippen LogP contribution in [0.4, 0.5) is 5.69 Å². The van der Waals surface area contributed by atoms with E-state index < -0.39 is 5.97 Å². The number of nitrogens with one attached hydrogen (secondary N) is 1. The van der Waals surface area contributed by atoms with E-state index in [4.69, 9.17) is 4.74 Å². The second-order valence-electron chi connectivity index (χ2n) is 6.95. The third kappa shape index (κ3) is 5.41. The minimum atomic E-state index is -0.593. The van der Waals surface area contributed by atoms with Gasteiger partial charge in [0, 0.05) is 16.8 Å². The Balaban J connectivity index is 1.54. The van der Waals surface area contributed by atoms with Gasteiger partial charge in [-0.3, -0.25) is 9.59 Å². The Morgan fingerprint density at radius 2 is 1.33 bits per heavy atom. The highest BCUT2D eigenvalue weighted by atomic mass is 16.5. The number of carbonyl (C=O) groups is 3. The quantitative estimate of drug-likeness (QED) is 0.454. The van der Waals surface area contributed by atoms with Crippen LogP contribution < -0.4 is 5.32 Å². The van der Waals surface area contributed by atoms with Crippen LogP contribution in [0, 0.1) is 6.92 Å². The lowest BCUT2D eigenvalue weighted by molar-refractivity contribution is 0.0475. The van der Waals surface area contributed by atoms with Gasteiger partial charge in [0.15, 0.2) is 12.4 Å². The van der Waals surface area contributed by atoms with Crippen molar-refractivity contribution in [2.45, 2.75) is 20.3 Å². The molecule has 5 heteroatoms. The van der Waals surface area contributed by atoms with Crippen molar-refractivity contribution < 1.29 is 19.1 Å². The van der Waals surface area contributed by atoms with Gasteiger partial charge in [0.05, 0.1) is 5.56 Å². The number of aryl methyl sites for hydroxylation is 2. The van der Waals surface area contributed by atoms with E-state index >= 15 is 0 Å². The fraction of sp³-hybridized carbons (Fsp3) is 0.160. The first-order valence-electron chi connectivity index (χ1n) is 9.73. The molecule has 0 unspecified atom stereocenters. The van der Waals surface area contributed by atoms with Crippen molar-refractivity contribution in [2.24, 2.45) is 0 Å². The van der Waals surface area contributed by atoms with Crippen LogP contribution in [0.5, 0.6) is 0 Å². The summed E-state index contributed by atoms with van der Waals surface area (Å²) in [7, 11) is 0. The molecule has 0 radical (unpaired) electrons. The summed E-state index contributed by atoms with van der Waals surface area (Å²) >= 11 is 0. The predicted molar refractivity (Wildman–Crippen MR) is 116 cm³/mol. The van der Waals surface area contributed by atoms with Crippen molar-refractivity contribution in [1.29, 1.82) is 0 Å². The SMILES string of the molecule is CCc1ccc(C(=O)COC(=O)c2ccc(NC(=O)c3ccc(C)cc3)cc2)cc1. The van der Waals surface area contributed by atoms with Crippen LogP contribution in [0.2, 0.25) is 0 Å². The molecule has 0 spiro atoms. The molecule has 1 N–H and O–H groups in total. The van der Waals surface area contributed by atoms with E-state index in [2.05, 4.69) is 5.32 Å². The number of ketones is 1. The third-order valence-corrected chi connectivity index (χ3v) is 4.71. The van der Waals surface area contributed by atoms with Crippen LogP contribution in [-0.4, -0.2) is 24.3 Å². The fourth-order valence-corrected chi connectivity index (χ4v) is 2.82. The Morgan fingerprint density at radius 3 is 1.93 bits per heavy atom. The first kappa shape index (κ1) is 21.0. The molecule has 1 amide bonds. The van der Waals surface area contributed by atoms with Gasteiger partial charge in [0.1, 0.15) is 0 Å². The number of carbonyl (C=O) groups excluding carboxylic acids is 3. The molecule has 3 aromatic carbocycles. The van der Waals surface area contributed by atoms with Crippen molar-refractivity contribution in [3.8, 4) is 0 Å². The Labute approximate surface area is 175 Å². The fourth-order valence-electron chi connectivity index (χ4n) is 2.82. The van der Waals surface area contributed by atoms with Crippen LogP contribution in [0.3, 0.4) is 0 Å². The number of amides is 1. The summed E-state index contributed by atoms with van der Waals surface area (Å²) in [6.45, 7) is 3.67. The van der Waals surface area contributed by atoms with Gasteiger partial charge < -0.3 is 10.1 Å². The molecular formula is C25H23NO4. The van der Waals surface area contributed by atoms with Gasteiger partial charge in [0.25, 0.3) is 5.91 Å². The molecule has 0 heterocycles. The zero-order chi connectivity index (χ0) is 21.5.